The van der Waals surface area contributed by atoms with Crippen LogP contribution >= 0.6 is 0 Å². The maximum atomic E-state index is 12.2. The molecule has 0 saturated heterocycles. The highest BCUT2D eigenvalue weighted by Crippen LogP contribution is 2.30. The summed E-state index contributed by atoms with van der Waals surface area (Å²) < 4.78 is 5.30. The van der Waals surface area contributed by atoms with Crippen LogP contribution in [0.3, 0.4) is 0 Å². The van der Waals surface area contributed by atoms with Crippen molar-refractivity contribution in [2.24, 2.45) is 0 Å². The maximum absolute atomic E-state index is 12.2. The molecule has 0 atom stereocenters. The summed E-state index contributed by atoms with van der Waals surface area (Å²) in [5.41, 5.74) is 3.58. The zero-order valence-corrected chi connectivity index (χ0v) is 12.1. The van der Waals surface area contributed by atoms with E-state index in [1.165, 1.54) is 10.9 Å². The summed E-state index contributed by atoms with van der Waals surface area (Å²) in [6.07, 6.45) is 3.13. The zero-order chi connectivity index (χ0) is 14.4. The fourth-order valence-electron chi connectivity index (χ4n) is 3.01. The second-order valence-corrected chi connectivity index (χ2v) is 5.89. The predicted octanol–water partition coefficient (Wildman–Crippen LogP) is 2.41. The Hall–Kier alpha value is -2.17. The first-order valence-corrected chi connectivity index (χ1v) is 7.47. The van der Waals surface area contributed by atoms with Crippen LogP contribution in [0.15, 0.2) is 18.2 Å². The summed E-state index contributed by atoms with van der Waals surface area (Å²) in [4.78, 5) is 17.5. The van der Waals surface area contributed by atoms with Crippen LogP contribution in [0.2, 0.25) is 0 Å². The summed E-state index contributed by atoms with van der Waals surface area (Å²) in [5.74, 6) is 0.873. The van der Waals surface area contributed by atoms with E-state index in [4.69, 9.17) is 4.74 Å². The van der Waals surface area contributed by atoms with E-state index in [1.807, 2.05) is 17.0 Å². The van der Waals surface area contributed by atoms with Gasteiger partial charge in [-0.2, -0.15) is 0 Å². The number of rotatable bonds is 2. The van der Waals surface area contributed by atoms with Crippen LogP contribution < -0.4 is 10.1 Å². The molecular formula is C16H19N3O2. The van der Waals surface area contributed by atoms with Crippen LogP contribution in [0.25, 0.3) is 10.9 Å². The van der Waals surface area contributed by atoms with Crippen molar-refractivity contribution in [2.45, 2.75) is 31.8 Å². The quantitative estimate of drug-likeness (QED) is 0.890. The molecule has 0 bridgehead atoms. The van der Waals surface area contributed by atoms with E-state index in [2.05, 4.69) is 16.4 Å². The number of methoxy groups -OCH3 is 1. The van der Waals surface area contributed by atoms with Crippen molar-refractivity contribution >= 4 is 16.9 Å². The lowest BCUT2D eigenvalue weighted by Crippen LogP contribution is -2.43. The number of nitrogens with zero attached hydrogens (tertiary/aromatic N) is 1. The number of aromatic nitrogens is 1. The van der Waals surface area contributed by atoms with Crippen molar-refractivity contribution in [3.63, 3.8) is 0 Å². The van der Waals surface area contributed by atoms with Crippen LogP contribution in [0, 0.1) is 0 Å². The van der Waals surface area contributed by atoms with Gasteiger partial charge in [0.25, 0.3) is 0 Å². The lowest BCUT2D eigenvalue weighted by Gasteiger charge is -2.27. The molecule has 1 aliphatic heterocycles. The Kier molecular flexibility index (Phi) is 2.80. The first-order chi connectivity index (χ1) is 10.2. The van der Waals surface area contributed by atoms with Crippen LogP contribution in [0.4, 0.5) is 4.79 Å². The lowest BCUT2D eigenvalue weighted by molar-refractivity contribution is 0.191. The summed E-state index contributed by atoms with van der Waals surface area (Å²) in [6.45, 7) is 1.43. The minimum atomic E-state index is 0.0689. The van der Waals surface area contributed by atoms with Crippen LogP contribution in [0.1, 0.15) is 24.1 Å². The molecule has 2 amide bonds. The normalized spacial score (nSPS) is 17.7. The third-order valence-corrected chi connectivity index (χ3v) is 4.37. The monoisotopic (exact) mass is 285 g/mol. The fraction of sp³-hybridized carbons (Fsp3) is 0.438. The molecule has 0 unspecified atom stereocenters. The maximum Gasteiger partial charge on any atom is 0.317 e. The predicted molar refractivity (Wildman–Crippen MR) is 80.5 cm³/mol. The van der Waals surface area contributed by atoms with Crippen LogP contribution in [-0.2, 0) is 13.0 Å². The number of fused-ring (bicyclic) bond motifs is 3. The zero-order valence-electron chi connectivity index (χ0n) is 12.1. The van der Waals surface area contributed by atoms with Gasteiger partial charge in [-0.15, -0.1) is 0 Å². The Balaban J connectivity index is 1.61. The number of urea groups is 1. The minimum Gasteiger partial charge on any atom is -0.497 e. The summed E-state index contributed by atoms with van der Waals surface area (Å²) in [7, 11) is 1.68. The molecule has 1 fully saturated rings. The number of hydrogen-bond donors (Lipinski definition) is 2. The summed E-state index contributed by atoms with van der Waals surface area (Å²) in [5, 5.41) is 4.27. The van der Waals surface area contributed by atoms with Crippen molar-refractivity contribution in [3.8, 4) is 5.75 Å². The molecule has 110 valence electrons. The van der Waals surface area contributed by atoms with E-state index >= 15 is 0 Å². The van der Waals surface area contributed by atoms with Crippen molar-refractivity contribution in [1.82, 2.24) is 15.2 Å². The fourth-order valence-corrected chi connectivity index (χ4v) is 3.01. The molecule has 2 N–H and O–H groups in total. The number of hydrogen-bond acceptors (Lipinski definition) is 2. The van der Waals surface area contributed by atoms with Gasteiger partial charge in [0.1, 0.15) is 5.75 Å². The van der Waals surface area contributed by atoms with Crippen molar-refractivity contribution in [3.05, 3.63) is 29.5 Å². The number of nitrogens with one attached hydrogen (secondary N) is 2. The number of amides is 2. The molecule has 0 spiro atoms. The second kappa shape index (κ2) is 4.69. The first-order valence-electron chi connectivity index (χ1n) is 7.47. The minimum absolute atomic E-state index is 0.0689. The molecule has 1 aromatic carbocycles. The van der Waals surface area contributed by atoms with Gasteiger partial charge >= 0.3 is 6.03 Å². The van der Waals surface area contributed by atoms with Crippen molar-refractivity contribution in [2.75, 3.05) is 13.7 Å². The van der Waals surface area contributed by atoms with Gasteiger partial charge in [-0.3, -0.25) is 0 Å². The molecule has 2 aliphatic rings. The van der Waals surface area contributed by atoms with Gasteiger partial charge in [-0.1, -0.05) is 0 Å². The summed E-state index contributed by atoms with van der Waals surface area (Å²) in [6, 6.07) is 6.55. The largest absolute Gasteiger partial charge is 0.497 e. The van der Waals surface area contributed by atoms with Gasteiger partial charge in [0.05, 0.1) is 13.7 Å². The average Bonchev–Trinajstić information content (AvgIpc) is 3.24. The second-order valence-electron chi connectivity index (χ2n) is 5.89. The van der Waals surface area contributed by atoms with Gasteiger partial charge in [0.2, 0.25) is 0 Å². The molecule has 1 aliphatic carbocycles. The molecule has 21 heavy (non-hydrogen) atoms. The number of carbonyl (C=O) groups is 1. The van der Waals surface area contributed by atoms with E-state index in [0.29, 0.717) is 12.6 Å². The average molecular weight is 285 g/mol. The van der Waals surface area contributed by atoms with E-state index in [0.717, 1.165) is 42.8 Å². The van der Waals surface area contributed by atoms with E-state index in [1.54, 1.807) is 7.11 Å². The molecule has 5 nitrogen and oxygen atoms in total. The highest BCUT2D eigenvalue weighted by atomic mass is 16.5. The molecule has 1 aromatic heterocycles. The van der Waals surface area contributed by atoms with E-state index in [-0.39, 0.29) is 6.03 Å². The third-order valence-electron chi connectivity index (χ3n) is 4.37. The van der Waals surface area contributed by atoms with Crippen molar-refractivity contribution < 1.29 is 9.53 Å². The standard InChI is InChI=1S/C16H19N3O2/c1-21-11-4-5-14-13(8-11)12-6-7-19(9-15(12)18-14)16(20)17-10-2-3-10/h4-5,8,10,18H,2-3,6-7,9H2,1H3,(H,17,20). The topological polar surface area (TPSA) is 57.4 Å². The van der Waals surface area contributed by atoms with Gasteiger partial charge < -0.3 is 19.9 Å². The van der Waals surface area contributed by atoms with E-state index in [9.17, 15) is 4.79 Å². The highest BCUT2D eigenvalue weighted by molar-refractivity contribution is 5.87. The number of benzene rings is 1. The number of ether oxygens (including phenoxy) is 1. The van der Waals surface area contributed by atoms with Gasteiger partial charge in [0, 0.05) is 29.2 Å². The first kappa shape index (κ1) is 12.6. The Morgan fingerprint density at radius 3 is 3.05 bits per heavy atom. The number of H-pyrrole nitrogens is 1. The van der Waals surface area contributed by atoms with Crippen LogP contribution in [0.5, 0.6) is 5.75 Å². The molecule has 2 heterocycles. The Morgan fingerprint density at radius 1 is 1.43 bits per heavy atom. The van der Waals surface area contributed by atoms with Crippen molar-refractivity contribution in [1.29, 1.82) is 0 Å². The highest BCUT2D eigenvalue weighted by Gasteiger charge is 2.28. The Labute approximate surface area is 123 Å². The lowest BCUT2D eigenvalue weighted by atomic mass is 10.0. The van der Waals surface area contributed by atoms with Gasteiger partial charge in [-0.25, -0.2) is 4.79 Å². The molecular weight excluding hydrogens is 266 g/mol. The molecule has 5 heteroatoms. The summed E-state index contributed by atoms with van der Waals surface area (Å²) >= 11 is 0. The van der Waals surface area contributed by atoms with E-state index < -0.39 is 0 Å². The molecule has 4 rings (SSSR count). The third kappa shape index (κ3) is 2.22. The molecule has 2 aromatic rings. The Bertz CT molecular complexity index is 703. The SMILES string of the molecule is COc1ccc2[nH]c3c(c2c1)CCN(C(=O)NC1CC1)C3. The molecule has 1 saturated carbocycles. The van der Waals surface area contributed by atoms with Gasteiger partial charge in [-0.05, 0) is 43.0 Å². The number of aromatic amines is 1. The smallest absolute Gasteiger partial charge is 0.317 e. The Morgan fingerprint density at radius 2 is 2.29 bits per heavy atom. The molecule has 0 radical (unpaired) electrons. The van der Waals surface area contributed by atoms with Gasteiger partial charge in [0.15, 0.2) is 0 Å². The number of carbonyl (C=O) groups excluding carboxylic acids is 1. The van der Waals surface area contributed by atoms with Crippen LogP contribution in [-0.4, -0.2) is 35.6 Å².